The number of anilines is 1. The minimum Gasteiger partial charge on any atom is -0.330 e. The highest BCUT2D eigenvalue weighted by atomic mass is 35.5. The van der Waals surface area contributed by atoms with Crippen LogP contribution in [0, 0.1) is 0 Å². The average Bonchev–Trinajstić information content (AvgIpc) is 3.19. The molecule has 0 atom stereocenters. The van der Waals surface area contributed by atoms with Gasteiger partial charge in [-0.2, -0.15) is 8.78 Å². The highest BCUT2D eigenvalue weighted by molar-refractivity contribution is 7.99. The number of rotatable bonds is 6. The number of nitrogens with one attached hydrogen (secondary N) is 2. The number of amides is 2. The maximum atomic E-state index is 13.8. The number of pyridine rings is 1. The normalized spacial score (nSPS) is 13.0. The molecule has 2 N–H and O–H groups in total. The number of H-pyrrole nitrogens is 1. The predicted octanol–water partition coefficient (Wildman–Crippen LogP) is 5.85. The highest BCUT2D eigenvalue weighted by Gasteiger charge is 2.34. The van der Waals surface area contributed by atoms with Crippen LogP contribution in [0.4, 0.5) is 14.5 Å². The van der Waals surface area contributed by atoms with Gasteiger partial charge in [0.1, 0.15) is 11.3 Å². The molecular formula is C22H14Cl3F2N3O3S. The number of carbonyl (C=O) groups is 2. The summed E-state index contributed by atoms with van der Waals surface area (Å²) in [6, 6.07) is 10.8. The number of alkyl halides is 3. The van der Waals surface area contributed by atoms with E-state index in [1.165, 1.54) is 4.90 Å². The van der Waals surface area contributed by atoms with Crippen molar-refractivity contribution in [1.29, 1.82) is 0 Å². The Kier molecular flexibility index (Phi) is 6.91. The average molecular weight is 545 g/mol. The summed E-state index contributed by atoms with van der Waals surface area (Å²) in [7, 11) is 0. The number of hydrogen-bond acceptors (Lipinski definition) is 4. The topological polar surface area (TPSA) is 82.3 Å². The van der Waals surface area contributed by atoms with E-state index in [1.807, 2.05) is 4.98 Å². The lowest BCUT2D eigenvalue weighted by Crippen LogP contribution is -2.32. The first-order valence-corrected chi connectivity index (χ1v) is 11.6. The first kappa shape index (κ1) is 24.5. The zero-order valence-electron chi connectivity index (χ0n) is 17.0. The number of aromatic nitrogens is 1. The summed E-state index contributed by atoms with van der Waals surface area (Å²) in [6.07, 6.45) is 0.538. The molecule has 12 heteroatoms. The summed E-state index contributed by atoms with van der Waals surface area (Å²) in [5, 5.41) is -0.887. The van der Waals surface area contributed by atoms with Gasteiger partial charge in [0.05, 0.1) is 10.0 Å². The Bertz CT molecular complexity index is 1340. The number of halogens is 5. The molecule has 176 valence electrons. The molecule has 6 nitrogen and oxygen atoms in total. The lowest BCUT2D eigenvalue weighted by molar-refractivity contribution is -0.105. The molecule has 0 fully saturated rings. The number of benzene rings is 2. The number of carbonyl (C=O) groups excluding carboxylic acids is 2. The number of aromatic amines is 1. The van der Waals surface area contributed by atoms with Crippen LogP contribution in [-0.2, 0) is 23.3 Å². The van der Waals surface area contributed by atoms with Gasteiger partial charge in [-0.15, -0.1) is 0 Å². The largest absolute Gasteiger partial charge is 0.362 e. The molecule has 0 aliphatic carbocycles. The third kappa shape index (κ3) is 4.93. The molecule has 1 aliphatic rings. The fraction of sp³-hybridized carbons (Fsp3) is 0.136. The zero-order chi connectivity index (χ0) is 24.6. The van der Waals surface area contributed by atoms with Gasteiger partial charge in [0, 0.05) is 28.6 Å². The smallest absolute Gasteiger partial charge is 0.330 e. The van der Waals surface area contributed by atoms with Crippen LogP contribution in [0.2, 0.25) is 10.0 Å². The van der Waals surface area contributed by atoms with Crippen LogP contribution in [0.15, 0.2) is 57.1 Å². The minimum atomic E-state index is -3.87. The molecule has 34 heavy (non-hydrogen) atoms. The van der Waals surface area contributed by atoms with E-state index in [0.717, 1.165) is 29.0 Å². The monoisotopic (exact) mass is 543 g/mol. The maximum Gasteiger partial charge on any atom is 0.362 e. The van der Waals surface area contributed by atoms with Crippen molar-refractivity contribution >= 4 is 64.6 Å². The van der Waals surface area contributed by atoms with E-state index in [9.17, 15) is 23.2 Å². The van der Waals surface area contributed by atoms with E-state index in [1.54, 1.807) is 36.4 Å². The van der Waals surface area contributed by atoms with Gasteiger partial charge in [0.15, 0.2) is 0 Å². The number of nitrogens with zero attached hydrogens (tertiary/aromatic N) is 1. The summed E-state index contributed by atoms with van der Waals surface area (Å²) >= 11 is 18.4. The quantitative estimate of drug-likeness (QED) is 0.301. The summed E-state index contributed by atoms with van der Waals surface area (Å²) in [5.41, 5.74) is -0.0651. The first-order chi connectivity index (χ1) is 16.1. The van der Waals surface area contributed by atoms with Crippen LogP contribution >= 0.6 is 46.6 Å². The third-order valence-electron chi connectivity index (χ3n) is 5.09. The van der Waals surface area contributed by atoms with Crippen LogP contribution < -0.4 is 10.9 Å². The van der Waals surface area contributed by atoms with Crippen molar-refractivity contribution in [3.63, 3.8) is 0 Å². The summed E-state index contributed by atoms with van der Waals surface area (Å²) in [6.45, 7) is 0.353. The Balaban J connectivity index is 1.75. The van der Waals surface area contributed by atoms with Crippen molar-refractivity contribution in [2.75, 3.05) is 5.32 Å². The highest BCUT2D eigenvalue weighted by Crippen LogP contribution is 2.41. The molecule has 4 rings (SSSR count). The summed E-state index contributed by atoms with van der Waals surface area (Å²) < 4.78 is 27.7. The molecule has 1 aromatic heterocycles. The van der Waals surface area contributed by atoms with Crippen molar-refractivity contribution in [3.8, 4) is 0 Å². The van der Waals surface area contributed by atoms with E-state index in [0.29, 0.717) is 17.0 Å². The molecule has 1 aliphatic heterocycles. The van der Waals surface area contributed by atoms with Crippen molar-refractivity contribution in [1.82, 2.24) is 9.88 Å². The van der Waals surface area contributed by atoms with Gasteiger partial charge in [-0.25, -0.2) is 0 Å². The second kappa shape index (κ2) is 9.58. The molecule has 2 aromatic carbocycles. The van der Waals surface area contributed by atoms with Crippen molar-refractivity contribution in [2.45, 2.75) is 28.3 Å². The van der Waals surface area contributed by atoms with Crippen molar-refractivity contribution < 1.29 is 18.4 Å². The van der Waals surface area contributed by atoms with E-state index in [2.05, 4.69) is 5.32 Å². The molecular weight excluding hydrogens is 531 g/mol. The van der Waals surface area contributed by atoms with Gasteiger partial charge in [0.25, 0.3) is 11.5 Å². The molecule has 2 heterocycles. The van der Waals surface area contributed by atoms with E-state index in [4.69, 9.17) is 34.8 Å². The van der Waals surface area contributed by atoms with E-state index >= 15 is 0 Å². The third-order valence-corrected chi connectivity index (χ3v) is 7.33. The molecule has 0 bridgehead atoms. The summed E-state index contributed by atoms with van der Waals surface area (Å²) in [4.78, 5) is 40.6. The van der Waals surface area contributed by atoms with Crippen LogP contribution in [0.3, 0.4) is 0 Å². The second-order valence-corrected chi connectivity index (χ2v) is 9.65. The Morgan fingerprint density at radius 1 is 1.12 bits per heavy atom. The van der Waals surface area contributed by atoms with E-state index < -0.39 is 22.5 Å². The van der Waals surface area contributed by atoms with E-state index in [-0.39, 0.29) is 33.6 Å². The van der Waals surface area contributed by atoms with Crippen LogP contribution in [0.1, 0.15) is 27.2 Å². The fourth-order valence-electron chi connectivity index (χ4n) is 3.52. The Morgan fingerprint density at radius 3 is 2.44 bits per heavy atom. The molecule has 0 saturated heterocycles. The predicted molar refractivity (Wildman–Crippen MR) is 127 cm³/mol. The molecule has 3 aromatic rings. The van der Waals surface area contributed by atoms with Gasteiger partial charge in [-0.1, -0.05) is 47.1 Å². The number of fused-ring (bicyclic) bond motifs is 1. The van der Waals surface area contributed by atoms with Crippen LogP contribution in [0.25, 0.3) is 0 Å². The lowest BCUT2D eigenvalue weighted by Gasteiger charge is -2.19. The molecule has 0 saturated carbocycles. The minimum absolute atomic E-state index is 0.0710. The standard InChI is InChI=1S/C22H14Cl3F2N3O3S/c23-14-2-1-3-15(24)19(14)34-16-7-17(22(25,26)27)29-20(32)18(16)21(33)30-8-11-4-5-13(28-10-31)6-12(11)9-30/h1-7,10H,8-9H2,(H,28,31)(H,29,32). The van der Waals surface area contributed by atoms with Crippen LogP contribution in [0.5, 0.6) is 0 Å². The Morgan fingerprint density at radius 2 is 1.79 bits per heavy atom. The Hall–Kier alpha value is -2.59. The van der Waals surface area contributed by atoms with Gasteiger partial charge in [-0.05, 0) is 53.1 Å². The summed E-state index contributed by atoms with van der Waals surface area (Å²) in [5.74, 6) is -0.669. The zero-order valence-corrected chi connectivity index (χ0v) is 20.1. The second-order valence-electron chi connectivity index (χ2n) is 7.31. The van der Waals surface area contributed by atoms with Gasteiger partial charge in [0.2, 0.25) is 6.41 Å². The molecule has 2 amide bonds. The molecule has 0 unspecified atom stereocenters. The molecule has 0 radical (unpaired) electrons. The first-order valence-electron chi connectivity index (χ1n) is 9.66. The van der Waals surface area contributed by atoms with Crippen LogP contribution in [-0.4, -0.2) is 22.2 Å². The molecule has 0 spiro atoms. The lowest BCUT2D eigenvalue weighted by atomic mass is 10.1. The van der Waals surface area contributed by atoms with Gasteiger partial charge < -0.3 is 15.2 Å². The fourth-order valence-corrected chi connectivity index (χ4v) is 5.26. The maximum absolute atomic E-state index is 13.8. The van der Waals surface area contributed by atoms with Crippen molar-refractivity contribution in [3.05, 3.63) is 85.2 Å². The Labute approximate surface area is 211 Å². The van der Waals surface area contributed by atoms with Gasteiger partial charge in [-0.3, -0.25) is 14.4 Å². The van der Waals surface area contributed by atoms with Crippen molar-refractivity contribution in [2.24, 2.45) is 0 Å². The number of hydrogen-bond donors (Lipinski definition) is 2. The SMILES string of the molecule is O=CNc1ccc2c(c1)CN(C(=O)c1c(Sc3c(Cl)cccc3Cl)cc(C(F)(F)Cl)[nH]c1=O)C2. The van der Waals surface area contributed by atoms with Gasteiger partial charge >= 0.3 is 5.38 Å².